The van der Waals surface area contributed by atoms with Gasteiger partial charge in [0.25, 0.3) is 0 Å². The third kappa shape index (κ3) is 4.14. The minimum atomic E-state index is -0.166. The third-order valence-electron chi connectivity index (χ3n) is 8.74. The minimum absolute atomic E-state index is 0.00723. The van der Waals surface area contributed by atoms with Crippen LogP contribution in [0.15, 0.2) is 30.3 Å². The Morgan fingerprint density at radius 2 is 1.82 bits per heavy atom. The van der Waals surface area contributed by atoms with Crippen molar-refractivity contribution in [2.24, 2.45) is 5.92 Å². The number of benzene rings is 1. The summed E-state index contributed by atoms with van der Waals surface area (Å²) < 4.78 is 5.16. The Hall–Kier alpha value is -2.12. The van der Waals surface area contributed by atoms with Crippen molar-refractivity contribution in [2.75, 3.05) is 46.9 Å². The number of carbonyl (C=O) groups is 2. The summed E-state index contributed by atoms with van der Waals surface area (Å²) in [5, 5.41) is 3.00. The lowest BCUT2D eigenvalue weighted by molar-refractivity contribution is -0.125. The SMILES string of the molecule is CN(C)[C@]1(c2ccccc2)CC[C@@]2(CC1)CN(CC(=O)NC1COC1)C(=O)N2CC1CCC1. The zero-order valence-corrected chi connectivity index (χ0v) is 20.1. The zero-order chi connectivity index (χ0) is 23.1. The molecule has 1 aromatic rings. The lowest BCUT2D eigenvalue weighted by Crippen LogP contribution is -2.56. The normalized spacial score (nSPS) is 30.6. The molecule has 4 aliphatic rings. The van der Waals surface area contributed by atoms with Gasteiger partial charge in [-0.15, -0.1) is 0 Å². The summed E-state index contributed by atoms with van der Waals surface area (Å²) in [6, 6.07) is 11.0. The number of nitrogens with zero attached hydrogens (tertiary/aromatic N) is 3. The van der Waals surface area contributed by atoms with E-state index in [0.29, 0.717) is 25.7 Å². The van der Waals surface area contributed by atoms with Gasteiger partial charge in [-0.25, -0.2) is 4.79 Å². The first-order valence-electron chi connectivity index (χ1n) is 12.6. The van der Waals surface area contributed by atoms with E-state index in [1.54, 1.807) is 4.90 Å². The lowest BCUT2D eigenvalue weighted by atomic mass is 9.68. The van der Waals surface area contributed by atoms with E-state index in [2.05, 4.69) is 59.5 Å². The molecular formula is C26H38N4O3. The van der Waals surface area contributed by atoms with Crippen molar-refractivity contribution >= 4 is 11.9 Å². The van der Waals surface area contributed by atoms with Crippen LogP contribution in [-0.2, 0) is 15.1 Å². The first kappa shape index (κ1) is 22.7. The second-order valence-electron chi connectivity index (χ2n) is 10.9. The molecule has 2 saturated heterocycles. The number of rotatable bonds is 7. The van der Waals surface area contributed by atoms with E-state index in [1.165, 1.54) is 24.8 Å². The second kappa shape index (κ2) is 8.91. The quantitative estimate of drug-likeness (QED) is 0.688. The summed E-state index contributed by atoms with van der Waals surface area (Å²) in [6.45, 7) is 2.79. The van der Waals surface area contributed by atoms with Crippen LogP contribution in [-0.4, -0.2) is 85.2 Å². The number of hydrogen-bond donors (Lipinski definition) is 1. The largest absolute Gasteiger partial charge is 0.377 e. The molecule has 0 atom stereocenters. The molecule has 1 aromatic carbocycles. The highest BCUT2D eigenvalue weighted by Crippen LogP contribution is 2.49. The van der Waals surface area contributed by atoms with Gasteiger partial charge in [-0.2, -0.15) is 0 Å². The predicted molar refractivity (Wildman–Crippen MR) is 127 cm³/mol. The fraction of sp³-hybridized carbons (Fsp3) is 0.692. The van der Waals surface area contributed by atoms with Crippen molar-refractivity contribution in [1.29, 1.82) is 0 Å². The molecule has 33 heavy (non-hydrogen) atoms. The molecule has 0 aromatic heterocycles. The highest BCUT2D eigenvalue weighted by atomic mass is 16.5. The van der Waals surface area contributed by atoms with Gasteiger partial charge < -0.3 is 19.9 Å². The van der Waals surface area contributed by atoms with Gasteiger partial charge in [0.1, 0.15) is 6.54 Å². The molecule has 2 aliphatic carbocycles. The Morgan fingerprint density at radius 1 is 1.12 bits per heavy atom. The summed E-state index contributed by atoms with van der Waals surface area (Å²) >= 11 is 0. The summed E-state index contributed by atoms with van der Waals surface area (Å²) in [6.07, 6.45) is 7.66. The van der Waals surface area contributed by atoms with Gasteiger partial charge in [-0.3, -0.25) is 9.69 Å². The Balaban J connectivity index is 1.34. The van der Waals surface area contributed by atoms with Gasteiger partial charge >= 0.3 is 6.03 Å². The van der Waals surface area contributed by atoms with Crippen LogP contribution in [0.4, 0.5) is 4.79 Å². The monoisotopic (exact) mass is 454 g/mol. The van der Waals surface area contributed by atoms with E-state index in [-0.39, 0.29) is 35.6 Å². The van der Waals surface area contributed by atoms with Crippen LogP contribution in [0.1, 0.15) is 50.5 Å². The van der Waals surface area contributed by atoms with Crippen LogP contribution in [0, 0.1) is 5.92 Å². The maximum absolute atomic E-state index is 13.6. The molecule has 5 rings (SSSR count). The van der Waals surface area contributed by atoms with Crippen LogP contribution in [0.3, 0.4) is 0 Å². The number of ether oxygens (including phenoxy) is 1. The summed E-state index contributed by atoms with van der Waals surface area (Å²) in [5.41, 5.74) is 1.19. The number of amides is 3. The molecule has 7 heteroatoms. The number of urea groups is 1. The van der Waals surface area contributed by atoms with Gasteiger partial charge in [0, 0.05) is 18.6 Å². The maximum Gasteiger partial charge on any atom is 0.321 e. The molecule has 0 radical (unpaired) electrons. The van der Waals surface area contributed by atoms with Crippen LogP contribution < -0.4 is 5.32 Å². The van der Waals surface area contributed by atoms with Gasteiger partial charge in [0.2, 0.25) is 5.91 Å². The number of nitrogens with one attached hydrogen (secondary N) is 1. The lowest BCUT2D eigenvalue weighted by Gasteiger charge is -2.51. The fourth-order valence-electron chi connectivity index (χ4n) is 6.28. The third-order valence-corrected chi connectivity index (χ3v) is 8.74. The standard InChI is InChI=1S/C26H38N4O3/c1-28(2)26(21-9-4-3-5-10-21)13-11-25(12-14-26)19-29(16-23(31)27-22-17-33-18-22)24(32)30(25)15-20-7-6-8-20/h3-5,9-10,20,22H,6-8,11-19H2,1-2H3,(H,27,31)/t25-,26-. The van der Waals surface area contributed by atoms with E-state index in [1.807, 2.05) is 0 Å². The van der Waals surface area contributed by atoms with Crippen LogP contribution in [0.2, 0.25) is 0 Å². The van der Waals surface area contributed by atoms with Crippen molar-refractivity contribution in [3.05, 3.63) is 35.9 Å². The van der Waals surface area contributed by atoms with E-state index in [4.69, 9.17) is 4.74 Å². The average molecular weight is 455 g/mol. The number of carbonyl (C=O) groups excluding carboxylic acids is 2. The van der Waals surface area contributed by atoms with Crippen molar-refractivity contribution < 1.29 is 14.3 Å². The van der Waals surface area contributed by atoms with Crippen LogP contribution in [0.25, 0.3) is 0 Å². The van der Waals surface area contributed by atoms with Crippen molar-refractivity contribution in [3.63, 3.8) is 0 Å². The van der Waals surface area contributed by atoms with Crippen molar-refractivity contribution in [2.45, 2.75) is 62.1 Å². The molecule has 2 aliphatic heterocycles. The molecule has 180 valence electrons. The van der Waals surface area contributed by atoms with Gasteiger partial charge in [-0.1, -0.05) is 36.8 Å². The molecule has 0 unspecified atom stereocenters. The fourth-order valence-corrected chi connectivity index (χ4v) is 6.28. The molecule has 2 heterocycles. The van der Waals surface area contributed by atoms with E-state index in [9.17, 15) is 9.59 Å². The molecule has 2 saturated carbocycles. The molecule has 1 spiro atoms. The predicted octanol–water partition coefficient (Wildman–Crippen LogP) is 2.81. The van der Waals surface area contributed by atoms with Gasteiger partial charge in [0.05, 0.1) is 24.8 Å². The smallest absolute Gasteiger partial charge is 0.321 e. The Kier molecular flexibility index (Phi) is 6.12. The number of hydrogen-bond acceptors (Lipinski definition) is 4. The van der Waals surface area contributed by atoms with Gasteiger partial charge in [0.15, 0.2) is 0 Å². The molecule has 0 bridgehead atoms. The Bertz CT molecular complexity index is 858. The Morgan fingerprint density at radius 3 is 2.36 bits per heavy atom. The van der Waals surface area contributed by atoms with E-state index < -0.39 is 0 Å². The maximum atomic E-state index is 13.6. The molecule has 1 N–H and O–H groups in total. The topological polar surface area (TPSA) is 65.1 Å². The first-order valence-corrected chi connectivity index (χ1v) is 12.6. The van der Waals surface area contributed by atoms with Crippen LogP contribution in [0.5, 0.6) is 0 Å². The van der Waals surface area contributed by atoms with E-state index in [0.717, 1.165) is 32.2 Å². The zero-order valence-electron chi connectivity index (χ0n) is 20.1. The summed E-state index contributed by atoms with van der Waals surface area (Å²) in [4.78, 5) is 32.5. The molecule has 7 nitrogen and oxygen atoms in total. The minimum Gasteiger partial charge on any atom is -0.377 e. The van der Waals surface area contributed by atoms with E-state index >= 15 is 0 Å². The average Bonchev–Trinajstić information content (AvgIpc) is 2.99. The highest BCUT2D eigenvalue weighted by molar-refractivity contribution is 5.86. The van der Waals surface area contributed by atoms with Gasteiger partial charge in [-0.05, 0) is 64.1 Å². The van der Waals surface area contributed by atoms with Crippen molar-refractivity contribution in [1.82, 2.24) is 20.0 Å². The summed E-state index contributed by atoms with van der Waals surface area (Å²) in [5.74, 6) is 0.543. The molecule has 4 fully saturated rings. The summed E-state index contributed by atoms with van der Waals surface area (Å²) in [7, 11) is 4.36. The molecular weight excluding hydrogens is 416 g/mol. The highest BCUT2D eigenvalue weighted by Gasteiger charge is 2.55. The van der Waals surface area contributed by atoms with Crippen molar-refractivity contribution in [3.8, 4) is 0 Å². The van der Waals surface area contributed by atoms with Crippen LogP contribution >= 0.6 is 0 Å². The second-order valence-corrected chi connectivity index (χ2v) is 10.9. The first-order chi connectivity index (χ1) is 15.9. The Labute approximate surface area is 197 Å². The molecule has 3 amide bonds.